The molecule has 0 aromatic rings. The number of nitroso groups, excluding NO2 is 1. The van der Waals surface area contributed by atoms with E-state index < -0.39 is 0 Å². The molecule has 4 nitrogen and oxygen atoms in total. The summed E-state index contributed by atoms with van der Waals surface area (Å²) in [6, 6.07) is 0. The first-order valence-corrected chi connectivity index (χ1v) is 1.83. The van der Waals surface area contributed by atoms with Gasteiger partial charge in [0.15, 0.2) is 0 Å². The lowest BCUT2D eigenvalue weighted by molar-refractivity contribution is -0.589. The van der Waals surface area contributed by atoms with E-state index >= 15 is 0 Å². The highest BCUT2D eigenvalue weighted by atomic mass is 16.3. The maximum absolute atomic E-state index is 9.99. The fourth-order valence-corrected chi connectivity index (χ4v) is 0.357. The smallest absolute Gasteiger partial charge is 0.177 e. The number of hydrogen-bond acceptors (Lipinski definition) is 2. The van der Waals surface area contributed by atoms with Crippen LogP contribution in [-0.4, -0.2) is 18.0 Å². The van der Waals surface area contributed by atoms with Crippen molar-refractivity contribution in [3.05, 3.63) is 4.91 Å². The number of hydrazine groups is 2. The van der Waals surface area contributed by atoms with Crippen LogP contribution in [0, 0.1) is 4.91 Å². The molecule has 0 bridgehead atoms. The Balaban J connectivity index is 2.37. The molecule has 34 valence electrons. The molecular formula is C2H6N3O+. The van der Waals surface area contributed by atoms with Crippen LogP contribution >= 0.6 is 0 Å². The lowest BCUT2D eigenvalue weighted by atomic mass is 10.7. The summed E-state index contributed by atoms with van der Waals surface area (Å²) in [6.45, 7) is 1.28. The predicted molar refractivity (Wildman–Crippen MR) is 19.6 cm³/mol. The van der Waals surface area contributed by atoms with Crippen LogP contribution in [0.15, 0.2) is 0 Å². The van der Waals surface area contributed by atoms with Gasteiger partial charge in [0.05, 0.1) is 11.5 Å². The van der Waals surface area contributed by atoms with Crippen molar-refractivity contribution < 1.29 is 4.87 Å². The van der Waals surface area contributed by atoms with E-state index in [1.807, 2.05) is 0 Å². The van der Waals surface area contributed by atoms with E-state index in [9.17, 15) is 4.91 Å². The van der Waals surface area contributed by atoms with Crippen LogP contribution < -0.4 is 11.0 Å². The van der Waals surface area contributed by atoms with Crippen molar-refractivity contribution in [2.24, 2.45) is 0 Å². The van der Waals surface area contributed by atoms with Gasteiger partial charge in [-0.2, -0.15) is 5.43 Å². The Kier molecular flexibility index (Phi) is 0.719. The van der Waals surface area contributed by atoms with Crippen LogP contribution in [0.4, 0.5) is 0 Å². The number of hydrogen-bond donors (Lipinski definition) is 2. The molecule has 1 fully saturated rings. The minimum absolute atomic E-state index is 0.542. The molecule has 0 aromatic heterocycles. The summed E-state index contributed by atoms with van der Waals surface area (Å²) in [5.41, 5.74) is 4.98. The number of nitrogens with one attached hydrogen (secondary N) is 2. The molecule has 1 aliphatic heterocycles. The Morgan fingerprint density at radius 1 is 1.67 bits per heavy atom. The van der Waals surface area contributed by atoms with Gasteiger partial charge in [-0.1, -0.05) is 5.53 Å². The lowest BCUT2D eigenvalue weighted by Crippen LogP contribution is -2.26. The van der Waals surface area contributed by atoms with E-state index in [-0.39, 0.29) is 0 Å². The quantitative estimate of drug-likeness (QED) is 0.365. The molecule has 1 heterocycles. The van der Waals surface area contributed by atoms with Gasteiger partial charge in [0, 0.05) is 0 Å². The maximum atomic E-state index is 9.99. The van der Waals surface area contributed by atoms with E-state index in [1.165, 1.54) is 0 Å². The van der Waals surface area contributed by atoms with Crippen LogP contribution in [0.2, 0.25) is 0 Å². The molecule has 0 radical (unpaired) electrons. The van der Waals surface area contributed by atoms with Gasteiger partial charge >= 0.3 is 0 Å². The van der Waals surface area contributed by atoms with Crippen LogP contribution in [-0.2, 0) is 0 Å². The summed E-state index contributed by atoms with van der Waals surface area (Å²) in [7, 11) is 0. The molecule has 1 rings (SSSR count). The predicted octanol–water partition coefficient (Wildman–Crippen LogP) is -1.21. The molecule has 6 heavy (non-hydrogen) atoms. The van der Waals surface area contributed by atoms with Gasteiger partial charge in [0.25, 0.3) is 0 Å². The van der Waals surface area contributed by atoms with E-state index in [2.05, 4.69) is 11.0 Å². The van der Waals surface area contributed by atoms with Gasteiger partial charge in [-0.05, 0) is 0 Å². The molecule has 0 spiro atoms. The van der Waals surface area contributed by atoms with Gasteiger partial charge in [-0.25, -0.2) is 0 Å². The van der Waals surface area contributed by atoms with Crippen molar-refractivity contribution in [1.29, 1.82) is 0 Å². The van der Waals surface area contributed by atoms with E-state index in [0.29, 0.717) is 6.54 Å². The molecule has 2 N–H and O–H groups in total. The third-order valence-corrected chi connectivity index (χ3v) is 0.644. The summed E-state index contributed by atoms with van der Waals surface area (Å²) < 4.78 is 0. The Bertz CT molecular complexity index is 63.2. The van der Waals surface area contributed by atoms with Crippen molar-refractivity contribution in [2.45, 2.75) is 0 Å². The summed E-state index contributed by atoms with van der Waals surface area (Å²) in [5.74, 6) is 0. The molecule has 1 aliphatic rings. The zero-order chi connectivity index (χ0) is 4.41. The molecule has 4 heteroatoms. The highest BCUT2D eigenvalue weighted by Crippen LogP contribution is 1.68. The molecule has 0 saturated carbocycles. The van der Waals surface area contributed by atoms with Gasteiger partial charge in [0.2, 0.25) is 6.54 Å². The third kappa shape index (κ3) is 0.463. The largest absolute Gasteiger partial charge is 0.241 e. The molecule has 0 amide bonds. The third-order valence-electron chi connectivity index (χ3n) is 0.644. The second-order valence-electron chi connectivity index (χ2n) is 1.14. The summed E-state index contributed by atoms with van der Waals surface area (Å²) in [5, 5.41) is 0. The van der Waals surface area contributed by atoms with Gasteiger partial charge in [0.1, 0.15) is 4.87 Å². The molecule has 1 saturated heterocycles. The zero-order valence-corrected chi connectivity index (χ0v) is 3.27. The maximum Gasteiger partial charge on any atom is 0.241 e. The normalized spacial score (nSPS) is 21.0. The standard InChI is InChI=1S/C2H6N3O/c6-5-2-1-3-4-5/h3H,1-2H2,(H,4,6)/q+1. The minimum Gasteiger partial charge on any atom is -0.177 e. The van der Waals surface area contributed by atoms with E-state index in [1.54, 1.807) is 0 Å². The van der Waals surface area contributed by atoms with Crippen molar-refractivity contribution >= 4 is 0 Å². The first-order chi connectivity index (χ1) is 2.89. The van der Waals surface area contributed by atoms with Crippen LogP contribution in [0.25, 0.3) is 0 Å². The Labute approximate surface area is 35.0 Å². The monoisotopic (exact) mass is 88.1 g/mol. The Morgan fingerprint density at radius 2 is 2.50 bits per heavy atom. The van der Waals surface area contributed by atoms with Crippen LogP contribution in [0.5, 0.6) is 0 Å². The van der Waals surface area contributed by atoms with Crippen molar-refractivity contribution in [3.63, 3.8) is 0 Å². The minimum atomic E-state index is 0.542. The summed E-state index contributed by atoms with van der Waals surface area (Å²) in [6.07, 6.45) is 0. The molecular weight excluding hydrogens is 82.0 g/mol. The van der Waals surface area contributed by atoms with Crippen LogP contribution in [0.3, 0.4) is 0 Å². The lowest BCUT2D eigenvalue weighted by Gasteiger charge is -1.73. The fraction of sp³-hybridized carbons (Fsp3) is 1.00. The van der Waals surface area contributed by atoms with Gasteiger partial charge in [-0.15, -0.1) is 0 Å². The van der Waals surface area contributed by atoms with Crippen molar-refractivity contribution in [1.82, 2.24) is 11.0 Å². The number of rotatable bonds is 0. The van der Waals surface area contributed by atoms with E-state index in [4.69, 9.17) is 0 Å². The fourth-order valence-electron chi connectivity index (χ4n) is 0.357. The highest BCUT2D eigenvalue weighted by Gasteiger charge is 2.12. The summed E-state index contributed by atoms with van der Waals surface area (Å²) in [4.78, 5) is 10.7. The number of nitrogens with zero attached hydrogens (tertiary/aromatic N) is 1. The van der Waals surface area contributed by atoms with Crippen molar-refractivity contribution in [3.8, 4) is 0 Å². The van der Waals surface area contributed by atoms with Crippen LogP contribution in [0.1, 0.15) is 0 Å². The average molecular weight is 88.1 g/mol. The second-order valence-corrected chi connectivity index (χ2v) is 1.14. The first kappa shape index (κ1) is 3.55. The SMILES string of the molecule is O=[N+]1CCNN1. The highest BCUT2D eigenvalue weighted by molar-refractivity contribution is 4.33. The van der Waals surface area contributed by atoms with Crippen molar-refractivity contribution in [2.75, 3.05) is 13.1 Å². The Hall–Kier alpha value is -0.640. The molecule has 0 aromatic carbocycles. The molecule has 0 unspecified atom stereocenters. The molecule has 0 aliphatic carbocycles. The van der Waals surface area contributed by atoms with Gasteiger partial charge in [-0.3, -0.25) is 0 Å². The molecule has 0 atom stereocenters. The zero-order valence-electron chi connectivity index (χ0n) is 3.27. The van der Waals surface area contributed by atoms with E-state index in [0.717, 1.165) is 11.4 Å². The first-order valence-electron chi connectivity index (χ1n) is 1.83. The Morgan fingerprint density at radius 3 is 2.67 bits per heavy atom. The average Bonchev–Trinajstić information content (AvgIpc) is 1.86. The second kappa shape index (κ2) is 1.22. The summed E-state index contributed by atoms with van der Waals surface area (Å²) >= 11 is 0. The topological polar surface area (TPSA) is 44.1 Å². The van der Waals surface area contributed by atoms with Gasteiger partial charge < -0.3 is 0 Å².